The molecule has 0 aromatic carbocycles. The van der Waals surface area contributed by atoms with Crippen LogP contribution < -0.4 is 0 Å². The monoisotopic (exact) mass is 187 g/mol. The van der Waals surface area contributed by atoms with Crippen molar-refractivity contribution in [2.75, 3.05) is 0 Å². The van der Waals surface area contributed by atoms with Gasteiger partial charge in [0.05, 0.1) is 0 Å². The Balaban J connectivity index is 2.14. The van der Waals surface area contributed by atoms with Crippen LogP contribution in [-0.4, -0.2) is 14.4 Å². The summed E-state index contributed by atoms with van der Waals surface area (Å²) in [5, 5.41) is 0. The van der Waals surface area contributed by atoms with Gasteiger partial charge in [0.25, 0.3) is 0 Å². The van der Waals surface area contributed by atoms with Crippen LogP contribution in [0.3, 0.4) is 0 Å². The second kappa shape index (κ2) is 3.08. The van der Waals surface area contributed by atoms with Gasteiger partial charge < -0.3 is 0 Å². The molecule has 0 saturated heterocycles. The fraction of sp³-hybridized carbons (Fsp3) is 0.455. The van der Waals surface area contributed by atoms with Crippen molar-refractivity contribution in [3.63, 3.8) is 0 Å². The standard InChI is InChI=1S/C11H13N3/c1-2-4-9(3-1)10-5-6-12-11-13-7-8-14(10)11/h5-9H,1-4H2. The number of imidazole rings is 1. The maximum Gasteiger partial charge on any atom is 0.233 e. The molecule has 2 aromatic heterocycles. The van der Waals surface area contributed by atoms with E-state index in [9.17, 15) is 0 Å². The SMILES string of the molecule is c1cc(C2CCCC2)n2ccnc2n1. The second-order valence-corrected chi connectivity index (χ2v) is 3.95. The smallest absolute Gasteiger partial charge is 0.233 e. The first-order chi connectivity index (χ1) is 6.95. The van der Waals surface area contributed by atoms with Crippen molar-refractivity contribution in [1.82, 2.24) is 14.4 Å². The summed E-state index contributed by atoms with van der Waals surface area (Å²) in [5.74, 6) is 1.55. The Kier molecular flexibility index (Phi) is 1.76. The van der Waals surface area contributed by atoms with E-state index in [2.05, 4.69) is 20.4 Å². The van der Waals surface area contributed by atoms with Crippen molar-refractivity contribution in [3.05, 3.63) is 30.4 Å². The molecule has 0 atom stereocenters. The van der Waals surface area contributed by atoms with Gasteiger partial charge in [0.15, 0.2) is 0 Å². The fourth-order valence-electron chi connectivity index (χ4n) is 2.41. The van der Waals surface area contributed by atoms with Crippen LogP contribution in [0.4, 0.5) is 0 Å². The predicted octanol–water partition coefficient (Wildman–Crippen LogP) is 2.39. The molecule has 2 heterocycles. The van der Waals surface area contributed by atoms with E-state index in [0.717, 1.165) is 11.7 Å². The Labute approximate surface area is 82.8 Å². The number of fused-ring (bicyclic) bond motifs is 1. The van der Waals surface area contributed by atoms with Crippen LogP contribution in [0.2, 0.25) is 0 Å². The van der Waals surface area contributed by atoms with Crippen molar-refractivity contribution in [2.45, 2.75) is 31.6 Å². The van der Waals surface area contributed by atoms with Crippen LogP contribution >= 0.6 is 0 Å². The van der Waals surface area contributed by atoms with E-state index < -0.39 is 0 Å². The Bertz CT molecular complexity index is 440. The minimum atomic E-state index is 0.717. The fourth-order valence-corrected chi connectivity index (χ4v) is 2.41. The molecule has 72 valence electrons. The molecule has 14 heavy (non-hydrogen) atoms. The molecular weight excluding hydrogens is 174 g/mol. The lowest BCUT2D eigenvalue weighted by atomic mass is 10.0. The van der Waals surface area contributed by atoms with Crippen LogP contribution in [0.25, 0.3) is 5.78 Å². The first-order valence-electron chi connectivity index (χ1n) is 5.23. The van der Waals surface area contributed by atoms with Crippen molar-refractivity contribution in [1.29, 1.82) is 0 Å². The molecule has 3 rings (SSSR count). The third-order valence-electron chi connectivity index (χ3n) is 3.11. The molecule has 0 spiro atoms. The molecule has 0 amide bonds. The highest BCUT2D eigenvalue weighted by Crippen LogP contribution is 2.33. The summed E-state index contributed by atoms with van der Waals surface area (Å²) in [5.41, 5.74) is 1.38. The molecule has 1 aliphatic rings. The molecule has 1 saturated carbocycles. The highest BCUT2D eigenvalue weighted by Gasteiger charge is 2.19. The van der Waals surface area contributed by atoms with E-state index in [1.54, 1.807) is 0 Å². The molecule has 1 aliphatic carbocycles. The maximum absolute atomic E-state index is 4.23. The Morgan fingerprint density at radius 1 is 1.14 bits per heavy atom. The van der Waals surface area contributed by atoms with Gasteiger partial charge in [0, 0.05) is 24.3 Å². The molecule has 0 aliphatic heterocycles. The van der Waals surface area contributed by atoms with Gasteiger partial charge >= 0.3 is 0 Å². The van der Waals surface area contributed by atoms with Gasteiger partial charge in [-0.2, -0.15) is 0 Å². The first-order valence-corrected chi connectivity index (χ1v) is 5.23. The van der Waals surface area contributed by atoms with Crippen LogP contribution in [0.15, 0.2) is 24.7 Å². The second-order valence-electron chi connectivity index (χ2n) is 3.95. The molecule has 3 nitrogen and oxygen atoms in total. The summed E-state index contributed by atoms with van der Waals surface area (Å²) in [6.07, 6.45) is 11.1. The van der Waals surface area contributed by atoms with E-state index in [1.807, 2.05) is 18.6 Å². The highest BCUT2D eigenvalue weighted by molar-refractivity contribution is 5.31. The van der Waals surface area contributed by atoms with Crippen LogP contribution in [-0.2, 0) is 0 Å². The predicted molar refractivity (Wildman–Crippen MR) is 54.2 cm³/mol. The van der Waals surface area contributed by atoms with Gasteiger partial charge in [-0.15, -0.1) is 0 Å². The summed E-state index contributed by atoms with van der Waals surface area (Å²) in [6, 6.07) is 2.13. The number of hydrogen-bond acceptors (Lipinski definition) is 2. The molecule has 0 bridgehead atoms. The van der Waals surface area contributed by atoms with E-state index in [1.165, 1.54) is 31.4 Å². The lowest BCUT2D eigenvalue weighted by Crippen LogP contribution is -2.01. The molecule has 3 heteroatoms. The highest BCUT2D eigenvalue weighted by atomic mass is 15.1. The van der Waals surface area contributed by atoms with Crippen LogP contribution in [0.1, 0.15) is 37.3 Å². The Morgan fingerprint density at radius 3 is 2.79 bits per heavy atom. The van der Waals surface area contributed by atoms with Gasteiger partial charge in [-0.25, -0.2) is 9.97 Å². The summed E-state index contributed by atoms with van der Waals surface area (Å²) < 4.78 is 2.12. The zero-order valence-corrected chi connectivity index (χ0v) is 8.06. The largest absolute Gasteiger partial charge is 0.288 e. The lowest BCUT2D eigenvalue weighted by molar-refractivity contribution is 0.683. The normalized spacial score (nSPS) is 18.0. The van der Waals surface area contributed by atoms with Gasteiger partial charge in [-0.05, 0) is 24.8 Å². The number of nitrogens with zero attached hydrogens (tertiary/aromatic N) is 3. The van der Waals surface area contributed by atoms with E-state index in [4.69, 9.17) is 0 Å². The molecule has 0 unspecified atom stereocenters. The minimum absolute atomic E-state index is 0.717. The molecule has 0 radical (unpaired) electrons. The summed E-state index contributed by atoms with van der Waals surface area (Å²) >= 11 is 0. The molecular formula is C11H13N3. The van der Waals surface area contributed by atoms with Crippen molar-refractivity contribution < 1.29 is 0 Å². The van der Waals surface area contributed by atoms with Gasteiger partial charge in [-0.3, -0.25) is 4.40 Å². The van der Waals surface area contributed by atoms with E-state index in [-0.39, 0.29) is 0 Å². The van der Waals surface area contributed by atoms with Crippen molar-refractivity contribution >= 4 is 5.78 Å². The molecule has 0 N–H and O–H groups in total. The number of aromatic nitrogens is 3. The number of rotatable bonds is 1. The van der Waals surface area contributed by atoms with Crippen LogP contribution in [0.5, 0.6) is 0 Å². The topological polar surface area (TPSA) is 30.2 Å². The van der Waals surface area contributed by atoms with Gasteiger partial charge in [0.2, 0.25) is 5.78 Å². The quantitative estimate of drug-likeness (QED) is 0.686. The summed E-state index contributed by atoms with van der Waals surface area (Å²) in [4.78, 5) is 8.43. The van der Waals surface area contributed by atoms with Gasteiger partial charge in [0.1, 0.15) is 0 Å². The van der Waals surface area contributed by atoms with Gasteiger partial charge in [-0.1, -0.05) is 12.8 Å². The van der Waals surface area contributed by atoms with Crippen molar-refractivity contribution in [2.24, 2.45) is 0 Å². The van der Waals surface area contributed by atoms with Crippen molar-refractivity contribution in [3.8, 4) is 0 Å². The third kappa shape index (κ3) is 1.12. The maximum atomic E-state index is 4.23. The lowest BCUT2D eigenvalue weighted by Gasteiger charge is -2.10. The Hall–Kier alpha value is -1.38. The van der Waals surface area contributed by atoms with E-state index in [0.29, 0.717) is 0 Å². The number of hydrogen-bond donors (Lipinski definition) is 0. The van der Waals surface area contributed by atoms with Crippen LogP contribution in [0, 0.1) is 0 Å². The average Bonchev–Trinajstić information content (AvgIpc) is 2.88. The third-order valence-corrected chi connectivity index (χ3v) is 3.11. The zero-order valence-electron chi connectivity index (χ0n) is 8.06. The first kappa shape index (κ1) is 7.97. The zero-order chi connectivity index (χ0) is 9.38. The summed E-state index contributed by atoms with van der Waals surface area (Å²) in [7, 11) is 0. The Morgan fingerprint density at radius 2 is 1.93 bits per heavy atom. The van der Waals surface area contributed by atoms with E-state index >= 15 is 0 Å². The average molecular weight is 187 g/mol. The summed E-state index contributed by atoms with van der Waals surface area (Å²) in [6.45, 7) is 0. The molecule has 1 fully saturated rings. The molecule has 2 aromatic rings. The minimum Gasteiger partial charge on any atom is -0.288 e.